The molecule has 37 heavy (non-hydrogen) atoms. The lowest BCUT2D eigenvalue weighted by Crippen LogP contribution is -2.13. The average Bonchev–Trinajstić information content (AvgIpc) is 2.96. The van der Waals surface area contributed by atoms with Crippen LogP contribution < -0.4 is 4.74 Å². The lowest BCUT2D eigenvalue weighted by Gasteiger charge is -2.28. The minimum atomic E-state index is 0.664. The molecule has 0 atom stereocenters. The van der Waals surface area contributed by atoms with E-state index in [1.807, 2.05) is 0 Å². The van der Waals surface area contributed by atoms with Crippen molar-refractivity contribution in [2.75, 3.05) is 6.61 Å². The molecule has 2 aliphatic rings. The maximum atomic E-state index is 5.82. The van der Waals surface area contributed by atoms with Gasteiger partial charge in [-0.3, -0.25) is 0 Å². The summed E-state index contributed by atoms with van der Waals surface area (Å²) in [4.78, 5) is 0. The highest BCUT2D eigenvalue weighted by molar-refractivity contribution is 5.39. The van der Waals surface area contributed by atoms with E-state index in [2.05, 4.69) is 86.4 Å². The topological polar surface area (TPSA) is 9.23 Å². The molecule has 4 rings (SSSR count). The summed E-state index contributed by atoms with van der Waals surface area (Å²) in [6.45, 7) is 5.33. The molecule has 198 valence electrons. The molecular weight excluding hydrogens is 448 g/mol. The molecule has 0 saturated heterocycles. The molecule has 2 saturated carbocycles. The van der Waals surface area contributed by atoms with Gasteiger partial charge in [-0.2, -0.15) is 0 Å². The van der Waals surface area contributed by atoms with Crippen molar-refractivity contribution in [3.63, 3.8) is 0 Å². The molecular formula is C36H48O. The molecule has 2 fully saturated rings. The lowest BCUT2D eigenvalue weighted by molar-refractivity contribution is 0.304. The van der Waals surface area contributed by atoms with Crippen molar-refractivity contribution in [1.29, 1.82) is 0 Å². The van der Waals surface area contributed by atoms with Crippen LogP contribution in [-0.2, 0) is 0 Å². The summed E-state index contributed by atoms with van der Waals surface area (Å²) in [6.07, 6.45) is 21.5. The molecule has 0 radical (unpaired) electrons. The molecule has 0 N–H and O–H groups in total. The van der Waals surface area contributed by atoms with Crippen LogP contribution in [0, 0.1) is 23.7 Å². The Kier molecular flexibility index (Phi) is 11.2. The van der Waals surface area contributed by atoms with Gasteiger partial charge in [-0.05, 0) is 123 Å². The SMILES string of the molecule is CCCCOc1ccc(C2CCC(/C=C/C#Cc3ccc(C4CCC(CCCC)CC4)cc3)CC2)cc1. The fourth-order valence-electron chi connectivity index (χ4n) is 6.24. The van der Waals surface area contributed by atoms with Crippen LogP contribution >= 0.6 is 0 Å². The van der Waals surface area contributed by atoms with E-state index in [9.17, 15) is 0 Å². The van der Waals surface area contributed by atoms with Crippen molar-refractivity contribution in [2.45, 2.75) is 109 Å². The molecule has 1 nitrogen and oxygen atoms in total. The normalized spacial score (nSPS) is 23.9. The van der Waals surface area contributed by atoms with Crippen molar-refractivity contribution in [3.8, 4) is 17.6 Å². The zero-order chi connectivity index (χ0) is 25.7. The van der Waals surface area contributed by atoms with Crippen molar-refractivity contribution in [3.05, 3.63) is 77.4 Å². The van der Waals surface area contributed by atoms with Gasteiger partial charge in [0.15, 0.2) is 0 Å². The van der Waals surface area contributed by atoms with Crippen LogP contribution in [0.1, 0.15) is 126 Å². The van der Waals surface area contributed by atoms with E-state index in [1.54, 1.807) is 0 Å². The minimum absolute atomic E-state index is 0.664. The van der Waals surface area contributed by atoms with Crippen LogP contribution in [-0.4, -0.2) is 6.61 Å². The largest absolute Gasteiger partial charge is 0.494 e. The Hall–Kier alpha value is -2.46. The van der Waals surface area contributed by atoms with E-state index in [0.29, 0.717) is 11.8 Å². The highest BCUT2D eigenvalue weighted by Crippen LogP contribution is 2.38. The molecule has 2 aromatic rings. The number of rotatable bonds is 10. The molecule has 0 heterocycles. The second-order valence-electron chi connectivity index (χ2n) is 11.5. The molecule has 2 aliphatic carbocycles. The number of hydrogen-bond acceptors (Lipinski definition) is 1. The van der Waals surface area contributed by atoms with Gasteiger partial charge in [0.2, 0.25) is 0 Å². The van der Waals surface area contributed by atoms with Crippen molar-refractivity contribution in [1.82, 2.24) is 0 Å². The Labute approximate surface area is 227 Å². The Morgan fingerprint density at radius 3 is 1.95 bits per heavy atom. The highest BCUT2D eigenvalue weighted by atomic mass is 16.5. The number of ether oxygens (including phenoxy) is 1. The first kappa shape index (κ1) is 27.6. The summed E-state index contributed by atoms with van der Waals surface area (Å²) in [5.41, 5.74) is 4.12. The molecule has 1 heteroatoms. The van der Waals surface area contributed by atoms with E-state index in [1.165, 1.54) is 88.2 Å². The van der Waals surface area contributed by atoms with Crippen LogP contribution in [0.2, 0.25) is 0 Å². The third kappa shape index (κ3) is 8.81. The third-order valence-electron chi connectivity index (χ3n) is 8.75. The van der Waals surface area contributed by atoms with Crippen molar-refractivity contribution in [2.24, 2.45) is 11.8 Å². The second kappa shape index (κ2) is 15.1. The first-order valence-electron chi connectivity index (χ1n) is 15.3. The van der Waals surface area contributed by atoms with Crippen LogP contribution in [0.15, 0.2) is 60.7 Å². The molecule has 0 spiro atoms. The quantitative estimate of drug-likeness (QED) is 0.235. The minimum Gasteiger partial charge on any atom is -0.494 e. The van der Waals surface area contributed by atoms with E-state index >= 15 is 0 Å². The number of allylic oxidation sites excluding steroid dienone is 2. The summed E-state index contributed by atoms with van der Waals surface area (Å²) in [7, 11) is 0. The highest BCUT2D eigenvalue weighted by Gasteiger charge is 2.22. The molecule has 0 aromatic heterocycles. The summed E-state index contributed by atoms with van der Waals surface area (Å²) in [5, 5.41) is 0. The van der Waals surface area contributed by atoms with E-state index < -0.39 is 0 Å². The van der Waals surface area contributed by atoms with Crippen molar-refractivity contribution >= 4 is 0 Å². The van der Waals surface area contributed by atoms with E-state index in [0.717, 1.165) is 36.2 Å². The Morgan fingerprint density at radius 1 is 0.730 bits per heavy atom. The number of unbranched alkanes of at least 4 members (excludes halogenated alkanes) is 2. The standard InChI is InChI=1S/C36H48O/c1-3-5-9-29-12-18-32(19-13-29)33-20-14-30(15-21-33)10-7-8-11-31-16-22-34(23-17-31)35-24-26-36(27-25-35)37-28-6-4-2/h8,11,14-15,20-21,24-27,29,31-32,34H,3-6,9,12-13,16-19,22-23,28H2,1-2H3/b11-8+. The Balaban J connectivity index is 1.18. The van der Waals surface area contributed by atoms with Gasteiger partial charge in [0.1, 0.15) is 5.75 Å². The first-order chi connectivity index (χ1) is 18.2. The maximum Gasteiger partial charge on any atom is 0.119 e. The van der Waals surface area contributed by atoms with Gasteiger partial charge in [0.05, 0.1) is 6.61 Å². The molecule has 0 unspecified atom stereocenters. The molecule has 0 aliphatic heterocycles. The number of hydrogen-bond donors (Lipinski definition) is 0. The smallest absolute Gasteiger partial charge is 0.119 e. The van der Waals surface area contributed by atoms with Gasteiger partial charge in [0.25, 0.3) is 0 Å². The first-order valence-corrected chi connectivity index (χ1v) is 15.3. The fraction of sp³-hybridized carbons (Fsp3) is 0.556. The van der Waals surface area contributed by atoms with Gasteiger partial charge >= 0.3 is 0 Å². The van der Waals surface area contributed by atoms with Gasteiger partial charge < -0.3 is 4.74 Å². The van der Waals surface area contributed by atoms with E-state index in [-0.39, 0.29) is 0 Å². The van der Waals surface area contributed by atoms with E-state index in [4.69, 9.17) is 4.74 Å². The van der Waals surface area contributed by atoms with Gasteiger partial charge in [-0.25, -0.2) is 0 Å². The van der Waals surface area contributed by atoms with Crippen LogP contribution in [0.3, 0.4) is 0 Å². The zero-order valence-electron chi connectivity index (χ0n) is 23.4. The van der Waals surface area contributed by atoms with Crippen molar-refractivity contribution < 1.29 is 4.74 Å². The summed E-state index contributed by atoms with van der Waals surface area (Å²) >= 11 is 0. The predicted molar refractivity (Wildman–Crippen MR) is 158 cm³/mol. The van der Waals surface area contributed by atoms with Gasteiger partial charge in [0, 0.05) is 5.56 Å². The number of benzene rings is 2. The van der Waals surface area contributed by atoms with Crippen LogP contribution in [0.4, 0.5) is 0 Å². The summed E-state index contributed by atoms with van der Waals surface area (Å²) in [6, 6.07) is 18.0. The average molecular weight is 497 g/mol. The molecule has 0 bridgehead atoms. The van der Waals surface area contributed by atoms with Gasteiger partial charge in [-0.15, -0.1) is 0 Å². The fourth-order valence-corrected chi connectivity index (χ4v) is 6.24. The lowest BCUT2D eigenvalue weighted by atomic mass is 9.77. The third-order valence-corrected chi connectivity index (χ3v) is 8.75. The molecule has 0 amide bonds. The maximum absolute atomic E-state index is 5.82. The molecule has 2 aromatic carbocycles. The Morgan fingerprint density at radius 2 is 1.32 bits per heavy atom. The monoisotopic (exact) mass is 496 g/mol. The van der Waals surface area contributed by atoms with Crippen LogP contribution in [0.25, 0.3) is 0 Å². The summed E-state index contributed by atoms with van der Waals surface area (Å²) < 4.78 is 5.82. The predicted octanol–water partition coefficient (Wildman–Crippen LogP) is 10.2. The zero-order valence-corrected chi connectivity index (χ0v) is 23.4. The van der Waals surface area contributed by atoms with Crippen LogP contribution in [0.5, 0.6) is 5.75 Å². The second-order valence-corrected chi connectivity index (χ2v) is 11.5. The van der Waals surface area contributed by atoms with Gasteiger partial charge in [-0.1, -0.05) is 81.7 Å². The summed E-state index contributed by atoms with van der Waals surface area (Å²) in [5.74, 6) is 10.7. The Bertz CT molecular complexity index is 987.